The molecule has 0 bridgehead atoms. The van der Waals surface area contributed by atoms with Gasteiger partial charge in [0.05, 0.1) is 0 Å². The van der Waals surface area contributed by atoms with Gasteiger partial charge in [0.2, 0.25) is 5.91 Å². The molecule has 0 saturated carbocycles. The molecule has 0 aliphatic carbocycles. The lowest BCUT2D eigenvalue weighted by Crippen LogP contribution is -2.39. The summed E-state index contributed by atoms with van der Waals surface area (Å²) in [4.78, 5) is 12.8. The first kappa shape index (κ1) is 20.0. The van der Waals surface area contributed by atoms with Crippen LogP contribution in [-0.4, -0.2) is 26.7 Å². The number of carbonyl (C=O) groups is 1. The molecule has 0 radical (unpaired) electrons. The predicted octanol–water partition coefficient (Wildman–Crippen LogP) is 4.23. The van der Waals surface area contributed by atoms with E-state index in [4.69, 9.17) is 12.2 Å². The zero-order chi connectivity index (χ0) is 19.9. The number of rotatable bonds is 8. The van der Waals surface area contributed by atoms with Crippen LogP contribution in [0.5, 0.6) is 0 Å². The minimum absolute atomic E-state index is 0.0683. The molecule has 0 saturated heterocycles. The normalized spacial score (nSPS) is 12.1. The van der Waals surface area contributed by atoms with Gasteiger partial charge in [0.15, 0.2) is 4.77 Å². The fraction of sp³-hybridized carbons (Fsp3) is 0.318. The Morgan fingerprint density at radius 2 is 1.68 bits per heavy atom. The summed E-state index contributed by atoms with van der Waals surface area (Å²) in [5, 5.41) is 10.2. The molecule has 28 heavy (non-hydrogen) atoms. The third-order valence-corrected chi connectivity index (χ3v) is 5.13. The van der Waals surface area contributed by atoms with Crippen molar-refractivity contribution in [2.24, 2.45) is 0 Å². The summed E-state index contributed by atoms with van der Waals surface area (Å²) in [5.41, 5.74) is 2.35. The SMILES string of the molecule is CCCc1n[nH]c(=S)n1CC(=O)N[C@H](C)C(c1ccccc1)c1ccccc1. The molecule has 1 aromatic heterocycles. The Morgan fingerprint density at radius 3 is 2.21 bits per heavy atom. The summed E-state index contributed by atoms with van der Waals surface area (Å²) in [7, 11) is 0. The molecule has 1 atom stereocenters. The molecule has 3 rings (SSSR count). The van der Waals surface area contributed by atoms with E-state index in [-0.39, 0.29) is 24.4 Å². The van der Waals surface area contributed by atoms with Crippen molar-refractivity contribution in [1.29, 1.82) is 0 Å². The van der Waals surface area contributed by atoms with Crippen LogP contribution in [0.15, 0.2) is 60.7 Å². The second kappa shape index (κ2) is 9.46. The zero-order valence-corrected chi connectivity index (χ0v) is 17.1. The van der Waals surface area contributed by atoms with Crippen LogP contribution in [0.1, 0.15) is 43.1 Å². The standard InChI is InChI=1S/C22H26N4OS/c1-3-10-19-24-25-22(28)26(19)15-20(27)23-16(2)21(17-11-6-4-7-12-17)18-13-8-5-9-14-18/h4-9,11-14,16,21H,3,10,15H2,1-2H3,(H,23,27)(H,25,28)/t16-/m1/s1. The number of H-pyrrole nitrogens is 1. The molecule has 0 aliphatic rings. The number of nitrogens with one attached hydrogen (secondary N) is 2. The molecule has 0 fully saturated rings. The van der Waals surface area contributed by atoms with Crippen molar-refractivity contribution in [3.63, 3.8) is 0 Å². The Bertz CT molecular complexity index is 910. The summed E-state index contributed by atoms with van der Waals surface area (Å²) in [6.07, 6.45) is 1.73. The first-order valence-corrected chi connectivity index (χ1v) is 10.0. The number of nitrogens with zero attached hydrogens (tertiary/aromatic N) is 2. The molecule has 0 spiro atoms. The minimum Gasteiger partial charge on any atom is -0.351 e. The average Bonchev–Trinajstić information content (AvgIpc) is 3.03. The first-order chi connectivity index (χ1) is 13.6. The van der Waals surface area contributed by atoms with Crippen molar-refractivity contribution < 1.29 is 4.79 Å². The largest absolute Gasteiger partial charge is 0.351 e. The van der Waals surface area contributed by atoms with Gasteiger partial charge < -0.3 is 5.32 Å². The highest BCUT2D eigenvalue weighted by atomic mass is 32.1. The van der Waals surface area contributed by atoms with E-state index in [0.29, 0.717) is 4.77 Å². The molecule has 2 aromatic carbocycles. The van der Waals surface area contributed by atoms with Gasteiger partial charge in [-0.2, -0.15) is 5.10 Å². The Morgan fingerprint density at radius 1 is 1.11 bits per heavy atom. The summed E-state index contributed by atoms with van der Waals surface area (Å²) < 4.78 is 2.26. The highest BCUT2D eigenvalue weighted by Gasteiger charge is 2.23. The monoisotopic (exact) mass is 394 g/mol. The van der Waals surface area contributed by atoms with Gasteiger partial charge in [0, 0.05) is 18.4 Å². The van der Waals surface area contributed by atoms with Gasteiger partial charge in [0.25, 0.3) is 0 Å². The van der Waals surface area contributed by atoms with Gasteiger partial charge >= 0.3 is 0 Å². The fourth-order valence-electron chi connectivity index (χ4n) is 3.54. The highest BCUT2D eigenvalue weighted by Crippen LogP contribution is 2.27. The quantitative estimate of drug-likeness (QED) is 0.562. The van der Waals surface area contributed by atoms with Crippen LogP contribution in [0.2, 0.25) is 0 Å². The number of carbonyl (C=O) groups excluding carboxylic acids is 1. The van der Waals surface area contributed by atoms with Crippen molar-refractivity contribution in [2.75, 3.05) is 0 Å². The van der Waals surface area contributed by atoms with E-state index in [0.717, 1.165) is 18.7 Å². The average molecular weight is 395 g/mol. The topological polar surface area (TPSA) is 62.7 Å². The van der Waals surface area contributed by atoms with Crippen LogP contribution in [-0.2, 0) is 17.8 Å². The summed E-state index contributed by atoms with van der Waals surface area (Å²) in [6, 6.07) is 20.5. The zero-order valence-electron chi connectivity index (χ0n) is 16.3. The van der Waals surface area contributed by atoms with Gasteiger partial charge in [-0.15, -0.1) is 0 Å². The van der Waals surface area contributed by atoms with Crippen LogP contribution in [0.25, 0.3) is 0 Å². The summed E-state index contributed by atoms with van der Waals surface area (Å²) >= 11 is 5.29. The predicted molar refractivity (Wildman–Crippen MR) is 114 cm³/mol. The van der Waals surface area contributed by atoms with Crippen LogP contribution in [0.4, 0.5) is 0 Å². The van der Waals surface area contributed by atoms with Crippen molar-refractivity contribution in [1.82, 2.24) is 20.1 Å². The fourth-order valence-corrected chi connectivity index (χ4v) is 3.76. The molecule has 146 valence electrons. The molecule has 5 nitrogen and oxygen atoms in total. The van der Waals surface area contributed by atoms with Crippen LogP contribution >= 0.6 is 12.2 Å². The second-order valence-corrected chi connectivity index (χ2v) is 7.32. The Balaban J connectivity index is 1.79. The van der Waals surface area contributed by atoms with Crippen LogP contribution in [0.3, 0.4) is 0 Å². The van der Waals surface area contributed by atoms with Crippen molar-refractivity contribution in [2.45, 2.75) is 45.2 Å². The number of hydrogen-bond donors (Lipinski definition) is 2. The Hall–Kier alpha value is -2.73. The van der Waals surface area contributed by atoms with Gasteiger partial charge in [-0.25, -0.2) is 0 Å². The molecule has 6 heteroatoms. The lowest BCUT2D eigenvalue weighted by molar-refractivity contribution is -0.122. The molecule has 0 aliphatic heterocycles. The maximum Gasteiger partial charge on any atom is 0.240 e. The van der Waals surface area contributed by atoms with Gasteiger partial charge in [0.1, 0.15) is 12.4 Å². The lowest BCUT2D eigenvalue weighted by Gasteiger charge is -2.26. The van der Waals surface area contributed by atoms with Gasteiger partial charge in [-0.1, -0.05) is 67.6 Å². The van der Waals surface area contributed by atoms with E-state index >= 15 is 0 Å². The Kier molecular flexibility index (Phi) is 6.76. The smallest absolute Gasteiger partial charge is 0.240 e. The van der Waals surface area contributed by atoms with E-state index in [9.17, 15) is 4.79 Å². The van der Waals surface area contributed by atoms with Crippen molar-refractivity contribution in [3.8, 4) is 0 Å². The maximum atomic E-state index is 12.8. The molecular weight excluding hydrogens is 368 g/mol. The van der Waals surface area contributed by atoms with Crippen LogP contribution < -0.4 is 5.32 Å². The van der Waals surface area contributed by atoms with Crippen molar-refractivity contribution in [3.05, 3.63) is 82.4 Å². The molecular formula is C22H26N4OS. The Labute approximate surface area is 170 Å². The third kappa shape index (κ3) is 4.75. The van der Waals surface area contributed by atoms with E-state index in [1.54, 1.807) is 4.57 Å². The lowest BCUT2D eigenvalue weighted by atomic mass is 9.86. The molecule has 3 aromatic rings. The van der Waals surface area contributed by atoms with Crippen LogP contribution in [0, 0.1) is 4.77 Å². The minimum atomic E-state index is -0.0759. The second-order valence-electron chi connectivity index (χ2n) is 6.94. The van der Waals surface area contributed by atoms with E-state index in [1.165, 1.54) is 11.1 Å². The molecule has 0 unspecified atom stereocenters. The number of aromatic amines is 1. The number of aromatic nitrogens is 3. The van der Waals surface area contributed by atoms with E-state index in [1.807, 2.05) is 43.3 Å². The molecule has 1 heterocycles. The van der Waals surface area contributed by atoms with Crippen molar-refractivity contribution >= 4 is 18.1 Å². The number of aryl methyl sites for hydroxylation is 1. The molecule has 1 amide bonds. The summed E-state index contributed by atoms with van der Waals surface area (Å²) in [6.45, 7) is 4.30. The van der Waals surface area contributed by atoms with E-state index < -0.39 is 0 Å². The number of amides is 1. The van der Waals surface area contributed by atoms with Gasteiger partial charge in [-0.3, -0.25) is 14.5 Å². The third-order valence-electron chi connectivity index (χ3n) is 4.82. The summed E-state index contributed by atoms with van der Waals surface area (Å²) in [5.74, 6) is 0.816. The molecule has 2 N–H and O–H groups in total. The van der Waals surface area contributed by atoms with E-state index in [2.05, 4.69) is 46.7 Å². The maximum absolute atomic E-state index is 12.8. The highest BCUT2D eigenvalue weighted by molar-refractivity contribution is 7.71. The number of benzene rings is 2. The van der Waals surface area contributed by atoms with Gasteiger partial charge in [-0.05, 0) is 36.7 Å². The first-order valence-electron chi connectivity index (χ1n) is 9.63. The number of hydrogen-bond acceptors (Lipinski definition) is 3.